The summed E-state index contributed by atoms with van der Waals surface area (Å²) in [5.41, 5.74) is 1.11. The van der Waals surface area contributed by atoms with Crippen molar-refractivity contribution in [1.29, 1.82) is 0 Å². The SMILES string of the molecule is Cc1ccc(CN2CCO[C@H]3CC[C@H]2[C@@H]3OCc2cccnc2)o1. The van der Waals surface area contributed by atoms with Gasteiger partial charge in [0.25, 0.3) is 0 Å². The van der Waals surface area contributed by atoms with Crippen LogP contribution in [0, 0.1) is 6.92 Å². The highest BCUT2D eigenvalue weighted by molar-refractivity contribution is 5.08. The van der Waals surface area contributed by atoms with Gasteiger partial charge in [-0.05, 0) is 43.5 Å². The lowest BCUT2D eigenvalue weighted by atomic mass is 10.1. The number of hydrogen-bond donors (Lipinski definition) is 0. The fourth-order valence-electron chi connectivity index (χ4n) is 3.83. The smallest absolute Gasteiger partial charge is 0.118 e. The maximum absolute atomic E-state index is 6.27. The average molecular weight is 328 g/mol. The van der Waals surface area contributed by atoms with Gasteiger partial charge in [0.1, 0.15) is 11.5 Å². The molecule has 0 spiro atoms. The molecule has 2 fully saturated rings. The van der Waals surface area contributed by atoms with Gasteiger partial charge in [-0.15, -0.1) is 0 Å². The predicted octanol–water partition coefficient (Wildman–Crippen LogP) is 2.93. The van der Waals surface area contributed by atoms with Crippen molar-refractivity contribution in [2.45, 2.75) is 51.2 Å². The molecule has 1 aliphatic carbocycles. The largest absolute Gasteiger partial charge is 0.465 e. The number of hydrogen-bond acceptors (Lipinski definition) is 5. The van der Waals surface area contributed by atoms with E-state index in [-0.39, 0.29) is 12.2 Å². The normalized spacial score (nSPS) is 27.3. The Balaban J connectivity index is 1.45. The van der Waals surface area contributed by atoms with Crippen LogP contribution in [0.3, 0.4) is 0 Å². The lowest BCUT2D eigenvalue weighted by Gasteiger charge is -2.30. The Hall–Kier alpha value is -1.69. The van der Waals surface area contributed by atoms with E-state index >= 15 is 0 Å². The summed E-state index contributed by atoms with van der Waals surface area (Å²) >= 11 is 0. The molecule has 4 rings (SSSR count). The van der Waals surface area contributed by atoms with Crippen LogP contribution < -0.4 is 0 Å². The number of rotatable bonds is 5. The lowest BCUT2D eigenvalue weighted by molar-refractivity contribution is -0.0616. The number of pyridine rings is 1. The third-order valence-electron chi connectivity index (χ3n) is 4.99. The van der Waals surface area contributed by atoms with E-state index in [1.165, 1.54) is 0 Å². The molecule has 1 saturated heterocycles. The Kier molecular flexibility index (Phi) is 4.65. The Bertz CT molecular complexity index is 658. The molecule has 5 heteroatoms. The van der Waals surface area contributed by atoms with E-state index in [1.807, 2.05) is 25.3 Å². The minimum Gasteiger partial charge on any atom is -0.465 e. The van der Waals surface area contributed by atoms with Crippen molar-refractivity contribution < 1.29 is 13.9 Å². The molecule has 2 bridgehead atoms. The molecular weight excluding hydrogens is 304 g/mol. The summed E-state index contributed by atoms with van der Waals surface area (Å²) in [4.78, 5) is 6.62. The van der Waals surface area contributed by atoms with Gasteiger partial charge in [0.2, 0.25) is 0 Å². The first-order chi connectivity index (χ1) is 11.8. The van der Waals surface area contributed by atoms with E-state index in [0.717, 1.165) is 49.6 Å². The van der Waals surface area contributed by atoms with Crippen LogP contribution in [0.5, 0.6) is 0 Å². The second-order valence-corrected chi connectivity index (χ2v) is 6.67. The zero-order valence-electron chi connectivity index (χ0n) is 14.1. The predicted molar refractivity (Wildman–Crippen MR) is 89.4 cm³/mol. The first-order valence-corrected chi connectivity index (χ1v) is 8.71. The molecule has 1 saturated carbocycles. The molecule has 1 aliphatic heterocycles. The van der Waals surface area contributed by atoms with E-state index < -0.39 is 0 Å². The van der Waals surface area contributed by atoms with Gasteiger partial charge in [-0.25, -0.2) is 0 Å². The van der Waals surface area contributed by atoms with Gasteiger partial charge in [-0.2, -0.15) is 0 Å². The first-order valence-electron chi connectivity index (χ1n) is 8.71. The minimum atomic E-state index is 0.115. The van der Waals surface area contributed by atoms with Gasteiger partial charge in [0, 0.05) is 25.0 Å². The monoisotopic (exact) mass is 328 g/mol. The van der Waals surface area contributed by atoms with Gasteiger partial charge >= 0.3 is 0 Å². The van der Waals surface area contributed by atoms with Crippen molar-refractivity contribution in [3.05, 3.63) is 53.7 Å². The van der Waals surface area contributed by atoms with Crippen molar-refractivity contribution >= 4 is 0 Å². The molecule has 0 radical (unpaired) electrons. The van der Waals surface area contributed by atoms with E-state index in [1.54, 1.807) is 6.20 Å². The molecule has 5 nitrogen and oxygen atoms in total. The van der Waals surface area contributed by atoms with Gasteiger partial charge in [-0.1, -0.05) is 6.07 Å². The fourth-order valence-corrected chi connectivity index (χ4v) is 3.83. The van der Waals surface area contributed by atoms with Crippen LogP contribution in [0.15, 0.2) is 41.1 Å². The van der Waals surface area contributed by atoms with Gasteiger partial charge in [0.05, 0.1) is 32.0 Å². The standard InChI is InChI=1S/C19H24N2O3/c1-14-4-5-16(24-14)12-21-9-10-22-18-7-6-17(21)19(18)23-13-15-3-2-8-20-11-15/h2-5,8,11,17-19H,6-7,9-10,12-13H2,1H3/t17-,18-,19-/m0/s1. The van der Waals surface area contributed by atoms with Crippen LogP contribution in [0.4, 0.5) is 0 Å². The maximum atomic E-state index is 6.27. The summed E-state index contributed by atoms with van der Waals surface area (Å²) < 4.78 is 18.1. The Morgan fingerprint density at radius 1 is 1.29 bits per heavy atom. The summed E-state index contributed by atoms with van der Waals surface area (Å²) in [6.45, 7) is 5.08. The second-order valence-electron chi connectivity index (χ2n) is 6.67. The molecule has 2 aliphatic rings. The summed E-state index contributed by atoms with van der Waals surface area (Å²) in [5, 5.41) is 0. The molecule has 2 aromatic rings. The van der Waals surface area contributed by atoms with Gasteiger partial charge in [-0.3, -0.25) is 9.88 Å². The Morgan fingerprint density at radius 2 is 2.25 bits per heavy atom. The number of aromatic nitrogens is 1. The third-order valence-corrected chi connectivity index (χ3v) is 4.99. The molecule has 3 heterocycles. The van der Waals surface area contributed by atoms with Gasteiger partial charge < -0.3 is 13.9 Å². The summed E-state index contributed by atoms with van der Waals surface area (Å²) in [7, 11) is 0. The second kappa shape index (κ2) is 7.05. The molecule has 128 valence electrons. The summed E-state index contributed by atoms with van der Waals surface area (Å²) in [5.74, 6) is 1.98. The highest BCUT2D eigenvalue weighted by atomic mass is 16.5. The lowest BCUT2D eigenvalue weighted by Crippen LogP contribution is -2.42. The molecule has 24 heavy (non-hydrogen) atoms. The van der Waals surface area contributed by atoms with Crippen molar-refractivity contribution in [1.82, 2.24) is 9.88 Å². The zero-order valence-corrected chi connectivity index (χ0v) is 14.1. The number of aryl methyl sites for hydroxylation is 1. The Labute approximate surface area is 142 Å². The van der Waals surface area contributed by atoms with Crippen LogP contribution >= 0.6 is 0 Å². The van der Waals surface area contributed by atoms with Crippen molar-refractivity contribution in [3.63, 3.8) is 0 Å². The number of ether oxygens (including phenoxy) is 2. The van der Waals surface area contributed by atoms with Crippen LogP contribution in [-0.2, 0) is 22.6 Å². The van der Waals surface area contributed by atoms with Crippen molar-refractivity contribution in [2.75, 3.05) is 13.2 Å². The third kappa shape index (κ3) is 3.38. The van der Waals surface area contributed by atoms with Crippen LogP contribution in [0.1, 0.15) is 29.9 Å². The zero-order chi connectivity index (χ0) is 16.4. The quantitative estimate of drug-likeness (QED) is 0.844. The molecular formula is C19H24N2O3. The number of furan rings is 1. The molecule has 0 unspecified atom stereocenters. The van der Waals surface area contributed by atoms with E-state index in [9.17, 15) is 0 Å². The average Bonchev–Trinajstić information content (AvgIpc) is 3.13. The molecule has 0 aromatic carbocycles. The molecule has 0 amide bonds. The number of nitrogens with zero attached hydrogens (tertiary/aromatic N) is 2. The van der Waals surface area contributed by atoms with Crippen molar-refractivity contribution in [3.8, 4) is 0 Å². The van der Waals surface area contributed by atoms with E-state index in [2.05, 4.69) is 22.0 Å². The highest BCUT2D eigenvalue weighted by Gasteiger charge is 2.43. The summed E-state index contributed by atoms with van der Waals surface area (Å²) in [6, 6.07) is 8.48. The van der Waals surface area contributed by atoms with E-state index in [4.69, 9.17) is 13.9 Å². The molecule has 0 N–H and O–H groups in total. The van der Waals surface area contributed by atoms with Crippen LogP contribution in [0.25, 0.3) is 0 Å². The van der Waals surface area contributed by atoms with E-state index in [0.29, 0.717) is 12.6 Å². The minimum absolute atomic E-state index is 0.115. The van der Waals surface area contributed by atoms with Crippen LogP contribution in [-0.4, -0.2) is 41.3 Å². The fraction of sp³-hybridized carbons (Fsp3) is 0.526. The topological polar surface area (TPSA) is 47.7 Å². The van der Waals surface area contributed by atoms with Gasteiger partial charge in [0.15, 0.2) is 0 Å². The number of fused-ring (bicyclic) bond motifs is 2. The first kappa shape index (κ1) is 15.8. The Morgan fingerprint density at radius 3 is 3.04 bits per heavy atom. The van der Waals surface area contributed by atoms with Crippen molar-refractivity contribution in [2.24, 2.45) is 0 Å². The molecule has 3 atom stereocenters. The summed E-state index contributed by atoms with van der Waals surface area (Å²) in [6.07, 6.45) is 6.15. The maximum Gasteiger partial charge on any atom is 0.118 e. The van der Waals surface area contributed by atoms with Crippen LogP contribution in [0.2, 0.25) is 0 Å². The molecule has 2 aromatic heterocycles. The highest BCUT2D eigenvalue weighted by Crippen LogP contribution is 2.33.